The number of nitrogens with two attached hydrogens (primary N) is 1. The number of hydrogen-bond donors (Lipinski definition) is 5. The van der Waals surface area contributed by atoms with Gasteiger partial charge in [-0.2, -0.15) is 0 Å². The smallest absolute Gasteiger partial charge is 0.310 e. The van der Waals surface area contributed by atoms with Gasteiger partial charge in [-0.15, -0.1) is 0 Å². The van der Waals surface area contributed by atoms with Crippen molar-refractivity contribution in [2.45, 2.75) is 43.6 Å². The normalized spacial score (nSPS) is 21.5. The fraction of sp³-hybridized carbons (Fsp3) is 0.448. The molecular formula is C29H35N7O8. The van der Waals surface area contributed by atoms with Crippen LogP contribution in [0.5, 0.6) is 5.75 Å². The molecule has 44 heavy (non-hydrogen) atoms. The topological polar surface area (TPSA) is 213 Å². The molecule has 0 aromatic heterocycles. The minimum Gasteiger partial charge on any atom is -0.502 e. The lowest BCUT2D eigenvalue weighted by atomic mass is 9.95. The van der Waals surface area contributed by atoms with E-state index < -0.39 is 64.3 Å². The zero-order valence-corrected chi connectivity index (χ0v) is 24.1. The number of hydrazine groups is 1. The second-order valence-corrected chi connectivity index (χ2v) is 11.4. The first-order valence-corrected chi connectivity index (χ1v) is 14.3. The zero-order chi connectivity index (χ0) is 31.5. The van der Waals surface area contributed by atoms with Gasteiger partial charge in [-0.25, -0.2) is 5.01 Å². The van der Waals surface area contributed by atoms with Crippen molar-refractivity contribution in [2.24, 2.45) is 11.7 Å². The Labute approximate surface area is 252 Å². The number of piperazine rings is 1. The summed E-state index contributed by atoms with van der Waals surface area (Å²) >= 11 is 0. The number of nitro groups is 1. The number of carbonyl (C=O) groups excluding carboxylic acids is 4. The van der Waals surface area contributed by atoms with Crippen molar-refractivity contribution >= 4 is 29.3 Å². The Bertz CT molecular complexity index is 1440. The summed E-state index contributed by atoms with van der Waals surface area (Å²) in [6, 6.07) is 8.90. The van der Waals surface area contributed by atoms with Gasteiger partial charge in [-0.1, -0.05) is 30.3 Å². The summed E-state index contributed by atoms with van der Waals surface area (Å²) in [6.07, 6.45) is -1.39. The monoisotopic (exact) mass is 609 g/mol. The highest BCUT2D eigenvalue weighted by molar-refractivity contribution is 5.97. The summed E-state index contributed by atoms with van der Waals surface area (Å²) in [4.78, 5) is 64.7. The molecule has 15 nitrogen and oxygen atoms in total. The number of primary amides is 1. The predicted octanol–water partition coefficient (Wildman–Crippen LogP) is -1.24. The molecule has 6 N–H and O–H groups in total. The molecule has 4 atom stereocenters. The molecule has 5 rings (SSSR count). The van der Waals surface area contributed by atoms with Crippen molar-refractivity contribution in [3.63, 3.8) is 0 Å². The zero-order valence-electron chi connectivity index (χ0n) is 24.1. The van der Waals surface area contributed by atoms with E-state index in [9.17, 15) is 34.4 Å². The lowest BCUT2D eigenvalue weighted by molar-refractivity contribution is -0.385. The van der Waals surface area contributed by atoms with Gasteiger partial charge in [0.05, 0.1) is 4.92 Å². The number of nitrogens with zero attached hydrogens (tertiary/aromatic N) is 3. The van der Waals surface area contributed by atoms with Crippen LogP contribution >= 0.6 is 0 Å². The van der Waals surface area contributed by atoms with Crippen molar-refractivity contribution in [2.75, 3.05) is 33.2 Å². The average Bonchev–Trinajstić information content (AvgIpc) is 3.69. The summed E-state index contributed by atoms with van der Waals surface area (Å²) in [5.41, 5.74) is 10.2. The molecule has 4 amide bonds. The van der Waals surface area contributed by atoms with E-state index in [0.717, 1.165) is 36.3 Å². The number of ether oxygens (including phenoxy) is 1. The highest BCUT2D eigenvalue weighted by atomic mass is 16.6. The van der Waals surface area contributed by atoms with Crippen LogP contribution in [0, 0.1) is 16.0 Å². The minimum absolute atomic E-state index is 0.222. The van der Waals surface area contributed by atoms with E-state index in [1.807, 2.05) is 31.3 Å². The third-order valence-electron chi connectivity index (χ3n) is 8.25. The third-order valence-corrected chi connectivity index (χ3v) is 8.25. The van der Waals surface area contributed by atoms with Crippen LogP contribution in [0.25, 0.3) is 0 Å². The molecule has 234 valence electrons. The van der Waals surface area contributed by atoms with E-state index in [1.54, 1.807) is 5.01 Å². The number of hydrogen-bond acceptors (Lipinski definition) is 10. The number of benzene rings is 2. The molecule has 2 aromatic carbocycles. The first kappa shape index (κ1) is 30.8. The molecule has 0 unspecified atom stereocenters. The second kappa shape index (κ2) is 13.0. The molecular weight excluding hydrogens is 574 g/mol. The molecule has 0 bridgehead atoms. The Kier molecular flexibility index (Phi) is 9.08. The predicted molar refractivity (Wildman–Crippen MR) is 155 cm³/mol. The molecule has 2 aromatic rings. The van der Waals surface area contributed by atoms with E-state index in [-0.39, 0.29) is 17.9 Å². The molecule has 0 spiro atoms. The Morgan fingerprint density at radius 3 is 2.27 bits per heavy atom. The molecule has 2 aliphatic heterocycles. The van der Waals surface area contributed by atoms with E-state index in [0.29, 0.717) is 25.9 Å². The summed E-state index contributed by atoms with van der Waals surface area (Å²) < 4.78 is 5.35. The van der Waals surface area contributed by atoms with Crippen molar-refractivity contribution < 1.29 is 33.9 Å². The number of epoxide rings is 1. The number of amides is 4. The SMILES string of the molecule is CN1CCN(NC(=O)[C@H]2O[C@@H]2C(=O)N[C@H](Cc2ccc(O)c([N+](=O)[O-])c2)C(=O)N[C@@H](C(N)=O)C2Cc3ccccc3C2)CC1. The summed E-state index contributed by atoms with van der Waals surface area (Å²) in [7, 11) is 1.98. The van der Waals surface area contributed by atoms with Crippen LogP contribution in [0.2, 0.25) is 0 Å². The number of likely N-dealkylation sites (N-methyl/N-ethyl adjacent to an activating group) is 1. The summed E-state index contributed by atoms with van der Waals surface area (Å²) in [6.45, 7) is 2.75. The number of aromatic hydroxyl groups is 1. The van der Waals surface area contributed by atoms with Crippen molar-refractivity contribution in [1.82, 2.24) is 26.0 Å². The maximum Gasteiger partial charge on any atom is 0.310 e. The van der Waals surface area contributed by atoms with Crippen molar-refractivity contribution in [3.05, 3.63) is 69.3 Å². The van der Waals surface area contributed by atoms with Crippen LogP contribution in [0.15, 0.2) is 42.5 Å². The molecule has 2 heterocycles. The number of carbonyl (C=O) groups is 4. The lowest BCUT2D eigenvalue weighted by Gasteiger charge is -2.32. The van der Waals surface area contributed by atoms with Gasteiger partial charge >= 0.3 is 5.69 Å². The Hall–Kier alpha value is -4.60. The maximum atomic E-state index is 13.6. The minimum atomic E-state index is -1.32. The van der Waals surface area contributed by atoms with Crippen molar-refractivity contribution in [1.29, 1.82) is 0 Å². The van der Waals surface area contributed by atoms with Crippen molar-refractivity contribution in [3.8, 4) is 5.75 Å². The van der Waals surface area contributed by atoms with E-state index in [4.69, 9.17) is 10.5 Å². The standard InChI is InChI=1S/C29H35N7O8/c1-34-8-10-35(11-9-34)33-29(41)25-24(44-25)28(40)31-20(12-16-6-7-22(37)21(13-16)36(42)43)27(39)32-23(26(30)38)19-14-17-4-2-3-5-18(17)15-19/h2-7,13,19-20,23-25,37H,8-12,14-15H2,1H3,(H2,30,38)(H,31,40)(H,32,39)(H,33,41)/t20-,23-,24+,25+/m1/s1. The highest BCUT2D eigenvalue weighted by Crippen LogP contribution is 2.30. The Morgan fingerprint density at radius 1 is 1.02 bits per heavy atom. The first-order valence-electron chi connectivity index (χ1n) is 14.3. The molecule has 2 fully saturated rings. The largest absolute Gasteiger partial charge is 0.502 e. The van der Waals surface area contributed by atoms with Crippen LogP contribution in [-0.2, 0) is 43.2 Å². The van der Waals surface area contributed by atoms with Gasteiger partial charge in [0.1, 0.15) is 12.1 Å². The number of rotatable bonds is 11. The number of phenols is 1. The summed E-state index contributed by atoms with van der Waals surface area (Å²) in [5, 5.41) is 28.2. The lowest BCUT2D eigenvalue weighted by Crippen LogP contribution is -2.57. The highest BCUT2D eigenvalue weighted by Gasteiger charge is 2.51. The first-order chi connectivity index (χ1) is 21.0. The third kappa shape index (κ3) is 7.12. The quantitative estimate of drug-likeness (QED) is 0.116. The van der Waals surface area contributed by atoms with Gasteiger partial charge in [0.25, 0.3) is 11.8 Å². The number of nitrogens with one attached hydrogen (secondary N) is 3. The van der Waals surface area contributed by atoms with Gasteiger partial charge in [0.15, 0.2) is 18.0 Å². The van der Waals surface area contributed by atoms with Crippen LogP contribution in [0.3, 0.4) is 0 Å². The van der Waals surface area contributed by atoms with E-state index >= 15 is 0 Å². The molecule has 2 saturated heterocycles. The maximum absolute atomic E-state index is 13.6. The van der Waals surface area contributed by atoms with E-state index in [1.165, 1.54) is 6.07 Å². The fourth-order valence-electron chi connectivity index (χ4n) is 5.69. The van der Waals surface area contributed by atoms with Gasteiger partial charge in [-0.3, -0.25) is 34.7 Å². The molecule has 3 aliphatic rings. The Morgan fingerprint density at radius 2 is 1.66 bits per heavy atom. The number of fused-ring (bicyclic) bond motifs is 1. The van der Waals surface area contributed by atoms with Crippen LogP contribution < -0.4 is 21.8 Å². The van der Waals surface area contributed by atoms with E-state index in [2.05, 4.69) is 21.0 Å². The van der Waals surface area contributed by atoms with Crippen LogP contribution in [0.4, 0.5) is 5.69 Å². The average molecular weight is 610 g/mol. The molecule has 15 heteroatoms. The van der Waals surface area contributed by atoms with Gasteiger partial charge in [0.2, 0.25) is 11.8 Å². The van der Waals surface area contributed by atoms with Crippen LogP contribution in [0.1, 0.15) is 16.7 Å². The number of nitro benzene ring substituents is 1. The molecule has 1 aliphatic carbocycles. The second-order valence-electron chi connectivity index (χ2n) is 11.4. The molecule has 0 saturated carbocycles. The summed E-state index contributed by atoms with van der Waals surface area (Å²) in [5.74, 6) is -3.57. The fourth-order valence-corrected chi connectivity index (χ4v) is 5.69. The number of phenolic OH excluding ortho intramolecular Hbond substituents is 1. The van der Waals surface area contributed by atoms with Gasteiger partial charge in [0, 0.05) is 38.7 Å². The van der Waals surface area contributed by atoms with Crippen LogP contribution in [-0.4, -0.2) is 101 Å². The molecule has 0 radical (unpaired) electrons. The van der Waals surface area contributed by atoms with Gasteiger partial charge in [-0.05, 0) is 48.6 Å². The Balaban J connectivity index is 1.28. The van der Waals surface area contributed by atoms with Gasteiger partial charge < -0.3 is 31.1 Å².